The number of carbonyl (C=O) groups excluding carboxylic acids is 2. The normalized spacial score (nSPS) is 16.0. The van der Waals surface area contributed by atoms with E-state index in [1.54, 1.807) is 12.1 Å². The van der Waals surface area contributed by atoms with Gasteiger partial charge in [-0.15, -0.1) is 0 Å². The van der Waals surface area contributed by atoms with Gasteiger partial charge in [-0.05, 0) is 32.9 Å². The molecule has 0 aliphatic carbocycles. The fourth-order valence-corrected chi connectivity index (χ4v) is 2.95. The highest BCUT2D eigenvalue weighted by Crippen LogP contribution is 2.29. The van der Waals surface area contributed by atoms with Crippen LogP contribution in [0.4, 0.5) is 5.69 Å². The van der Waals surface area contributed by atoms with Crippen LogP contribution >= 0.6 is 0 Å². The fraction of sp³-hybridized carbons (Fsp3) is 0.389. The van der Waals surface area contributed by atoms with Crippen LogP contribution in [0.5, 0.6) is 5.75 Å². The number of hydrogen-bond acceptors (Lipinski definition) is 4. The molecule has 25 heavy (non-hydrogen) atoms. The van der Waals surface area contributed by atoms with Crippen molar-refractivity contribution < 1.29 is 14.3 Å². The van der Waals surface area contributed by atoms with E-state index in [0.717, 1.165) is 23.5 Å². The molecule has 7 nitrogen and oxygen atoms in total. The molecule has 7 heteroatoms. The number of rotatable bonds is 5. The van der Waals surface area contributed by atoms with Gasteiger partial charge < -0.3 is 15.4 Å². The van der Waals surface area contributed by atoms with Crippen molar-refractivity contribution in [1.82, 2.24) is 15.1 Å². The first-order chi connectivity index (χ1) is 12.0. The molecule has 2 heterocycles. The molecule has 132 valence electrons. The first-order valence-corrected chi connectivity index (χ1v) is 8.35. The van der Waals surface area contributed by atoms with Gasteiger partial charge in [-0.1, -0.05) is 12.1 Å². The molecule has 2 amide bonds. The lowest BCUT2D eigenvalue weighted by atomic mass is 10.1. The SMILES string of the molecule is CCn1nc(C)c(CNC(=O)CC2Oc3ccccc3NC2=O)c1C. The number of fused-ring (bicyclic) bond motifs is 1. The smallest absolute Gasteiger partial charge is 0.266 e. The maximum atomic E-state index is 12.2. The van der Waals surface area contributed by atoms with Crippen molar-refractivity contribution in [1.29, 1.82) is 0 Å². The van der Waals surface area contributed by atoms with Crippen LogP contribution in [0, 0.1) is 13.8 Å². The van der Waals surface area contributed by atoms with E-state index in [4.69, 9.17) is 4.74 Å². The largest absolute Gasteiger partial charge is 0.478 e. The Morgan fingerprint density at radius 3 is 2.84 bits per heavy atom. The molecule has 0 saturated heterocycles. The highest BCUT2D eigenvalue weighted by Gasteiger charge is 2.29. The van der Waals surface area contributed by atoms with Crippen molar-refractivity contribution in [3.8, 4) is 5.75 Å². The number of para-hydroxylation sites is 2. The zero-order valence-electron chi connectivity index (χ0n) is 14.6. The second-order valence-corrected chi connectivity index (χ2v) is 6.04. The predicted molar refractivity (Wildman–Crippen MR) is 93.3 cm³/mol. The molecule has 1 aliphatic rings. The number of hydrogen-bond donors (Lipinski definition) is 2. The van der Waals surface area contributed by atoms with Crippen LogP contribution < -0.4 is 15.4 Å². The minimum absolute atomic E-state index is 0.0276. The second-order valence-electron chi connectivity index (χ2n) is 6.04. The molecule has 1 atom stereocenters. The molecule has 0 radical (unpaired) electrons. The highest BCUT2D eigenvalue weighted by molar-refractivity contribution is 5.99. The number of nitrogens with one attached hydrogen (secondary N) is 2. The minimum atomic E-state index is -0.824. The maximum Gasteiger partial charge on any atom is 0.266 e. The number of ether oxygens (including phenoxy) is 1. The molecule has 1 aliphatic heterocycles. The average Bonchev–Trinajstić information content (AvgIpc) is 2.87. The molecule has 2 N–H and O–H groups in total. The third-order valence-corrected chi connectivity index (χ3v) is 4.37. The molecule has 1 aromatic carbocycles. The van der Waals surface area contributed by atoms with Gasteiger partial charge in [0.15, 0.2) is 6.10 Å². The highest BCUT2D eigenvalue weighted by atomic mass is 16.5. The summed E-state index contributed by atoms with van der Waals surface area (Å²) >= 11 is 0. The first-order valence-electron chi connectivity index (χ1n) is 8.35. The predicted octanol–water partition coefficient (Wildman–Crippen LogP) is 1.93. The van der Waals surface area contributed by atoms with Crippen molar-refractivity contribution in [2.45, 2.75) is 46.4 Å². The third kappa shape index (κ3) is 3.50. The molecule has 0 spiro atoms. The summed E-state index contributed by atoms with van der Waals surface area (Å²) in [5.74, 6) is 0.0402. The Kier molecular flexibility index (Phi) is 4.74. The van der Waals surface area contributed by atoms with Crippen molar-refractivity contribution in [3.63, 3.8) is 0 Å². The number of anilines is 1. The van der Waals surface area contributed by atoms with Gasteiger partial charge in [-0.25, -0.2) is 0 Å². The summed E-state index contributed by atoms with van der Waals surface area (Å²) < 4.78 is 7.55. The lowest BCUT2D eigenvalue weighted by Gasteiger charge is -2.25. The van der Waals surface area contributed by atoms with Crippen molar-refractivity contribution in [2.75, 3.05) is 5.32 Å². The number of carbonyl (C=O) groups is 2. The number of aromatic nitrogens is 2. The molecule has 2 aromatic rings. The monoisotopic (exact) mass is 342 g/mol. The van der Waals surface area contributed by atoms with E-state index in [2.05, 4.69) is 15.7 Å². The van der Waals surface area contributed by atoms with Crippen LogP contribution in [0.2, 0.25) is 0 Å². The van der Waals surface area contributed by atoms with Crippen LogP contribution in [0.25, 0.3) is 0 Å². The summed E-state index contributed by atoms with van der Waals surface area (Å²) in [6.07, 6.45) is -0.851. The summed E-state index contributed by atoms with van der Waals surface area (Å²) in [5.41, 5.74) is 3.58. The van der Waals surface area contributed by atoms with E-state index >= 15 is 0 Å². The van der Waals surface area contributed by atoms with Gasteiger partial charge in [0.05, 0.1) is 17.8 Å². The van der Waals surface area contributed by atoms with E-state index in [9.17, 15) is 9.59 Å². The van der Waals surface area contributed by atoms with Crippen LogP contribution in [0.3, 0.4) is 0 Å². The van der Waals surface area contributed by atoms with E-state index in [1.807, 2.05) is 37.6 Å². The van der Waals surface area contributed by atoms with Crippen molar-refractivity contribution in [2.24, 2.45) is 0 Å². The number of aryl methyl sites for hydroxylation is 2. The number of nitrogens with zero attached hydrogens (tertiary/aromatic N) is 2. The summed E-state index contributed by atoms with van der Waals surface area (Å²) in [7, 11) is 0. The molecule has 3 rings (SSSR count). The average molecular weight is 342 g/mol. The molecular formula is C18H22N4O3. The maximum absolute atomic E-state index is 12.2. The van der Waals surface area contributed by atoms with Crippen LogP contribution in [0.1, 0.15) is 30.3 Å². The summed E-state index contributed by atoms with van der Waals surface area (Å²) in [4.78, 5) is 24.3. The van der Waals surface area contributed by atoms with E-state index in [0.29, 0.717) is 18.0 Å². The number of amides is 2. The molecular weight excluding hydrogens is 320 g/mol. The summed E-state index contributed by atoms with van der Waals surface area (Å²) in [6.45, 7) is 7.12. The Morgan fingerprint density at radius 2 is 2.12 bits per heavy atom. The molecule has 1 aromatic heterocycles. The second kappa shape index (κ2) is 6.96. The first kappa shape index (κ1) is 17.0. The van der Waals surface area contributed by atoms with Crippen LogP contribution in [0.15, 0.2) is 24.3 Å². The fourth-order valence-electron chi connectivity index (χ4n) is 2.95. The van der Waals surface area contributed by atoms with E-state index < -0.39 is 6.10 Å². The zero-order chi connectivity index (χ0) is 18.0. The van der Waals surface area contributed by atoms with Gasteiger partial charge in [0.25, 0.3) is 5.91 Å². The Morgan fingerprint density at radius 1 is 1.36 bits per heavy atom. The van der Waals surface area contributed by atoms with Crippen LogP contribution in [-0.2, 0) is 22.7 Å². The van der Waals surface area contributed by atoms with Gasteiger partial charge in [-0.2, -0.15) is 5.10 Å². The van der Waals surface area contributed by atoms with Gasteiger partial charge in [0.1, 0.15) is 5.75 Å². The Balaban J connectivity index is 1.60. The standard InChI is InChI=1S/C18H22N4O3/c1-4-22-12(3)13(11(2)21-22)10-19-17(23)9-16-18(24)20-14-7-5-6-8-15(14)25-16/h5-8,16H,4,9-10H2,1-3H3,(H,19,23)(H,20,24). The zero-order valence-corrected chi connectivity index (χ0v) is 14.6. The Bertz CT molecular complexity index is 813. The Labute approximate surface area is 146 Å². The van der Waals surface area contributed by atoms with Gasteiger partial charge in [0.2, 0.25) is 5.91 Å². The quantitative estimate of drug-likeness (QED) is 0.869. The van der Waals surface area contributed by atoms with Gasteiger partial charge >= 0.3 is 0 Å². The molecule has 1 unspecified atom stereocenters. The van der Waals surface area contributed by atoms with E-state index in [-0.39, 0.29) is 18.2 Å². The summed E-state index contributed by atoms with van der Waals surface area (Å²) in [5, 5.41) is 10.1. The molecule has 0 bridgehead atoms. The van der Waals surface area contributed by atoms with Crippen LogP contribution in [-0.4, -0.2) is 27.7 Å². The minimum Gasteiger partial charge on any atom is -0.478 e. The molecule has 0 saturated carbocycles. The van der Waals surface area contributed by atoms with Gasteiger partial charge in [0, 0.05) is 24.3 Å². The van der Waals surface area contributed by atoms with Crippen molar-refractivity contribution in [3.05, 3.63) is 41.2 Å². The lowest BCUT2D eigenvalue weighted by molar-refractivity contribution is -0.130. The third-order valence-electron chi connectivity index (χ3n) is 4.37. The Hall–Kier alpha value is -2.83. The van der Waals surface area contributed by atoms with Gasteiger partial charge in [-0.3, -0.25) is 14.3 Å². The van der Waals surface area contributed by atoms with E-state index in [1.165, 1.54) is 0 Å². The number of benzene rings is 1. The summed E-state index contributed by atoms with van der Waals surface area (Å²) in [6, 6.07) is 7.17. The topological polar surface area (TPSA) is 85.2 Å². The lowest BCUT2D eigenvalue weighted by Crippen LogP contribution is -2.40. The van der Waals surface area contributed by atoms with Crippen molar-refractivity contribution >= 4 is 17.5 Å². The molecule has 0 fully saturated rings.